The first-order chi connectivity index (χ1) is 12.0. The summed E-state index contributed by atoms with van der Waals surface area (Å²) in [5.41, 5.74) is 7.28. The maximum absolute atomic E-state index is 4.23. The topological polar surface area (TPSA) is 3.24 Å². The van der Waals surface area contributed by atoms with Crippen molar-refractivity contribution in [1.82, 2.24) is 4.90 Å². The Morgan fingerprint density at radius 2 is 1.44 bits per heavy atom. The van der Waals surface area contributed by atoms with Crippen molar-refractivity contribution in [2.24, 2.45) is 0 Å². The number of alkyl halides is 2. The lowest BCUT2D eigenvalue weighted by atomic mass is 9.62. The Bertz CT molecular complexity index is 813. The highest BCUT2D eigenvalue weighted by Crippen LogP contribution is 2.65. The molecule has 3 aliphatic carbocycles. The molecular formula is C22H25Br2N. The number of rotatable bonds is 4. The number of halogens is 2. The second kappa shape index (κ2) is 6.21. The van der Waals surface area contributed by atoms with Gasteiger partial charge in [0.1, 0.15) is 0 Å². The molecular weight excluding hydrogens is 438 g/mol. The lowest BCUT2D eigenvalue weighted by Crippen LogP contribution is -2.44. The van der Waals surface area contributed by atoms with Crippen LogP contribution in [-0.4, -0.2) is 18.0 Å². The number of nitrogens with zero attached hydrogens (tertiary/aromatic N) is 1. The average molecular weight is 463 g/mol. The normalized spacial score (nSPS) is 27.9. The van der Waals surface area contributed by atoms with Crippen molar-refractivity contribution in [3.05, 3.63) is 70.3 Å². The molecule has 0 aromatic heterocycles. The molecule has 0 amide bonds. The van der Waals surface area contributed by atoms with Gasteiger partial charge in [-0.25, -0.2) is 0 Å². The monoisotopic (exact) mass is 461 g/mol. The number of fused-ring (bicyclic) bond motifs is 1. The van der Waals surface area contributed by atoms with Gasteiger partial charge in [0.25, 0.3) is 0 Å². The molecule has 0 heterocycles. The molecule has 0 saturated carbocycles. The molecule has 2 aromatic carbocycles. The van der Waals surface area contributed by atoms with Gasteiger partial charge in [-0.2, -0.15) is 0 Å². The van der Waals surface area contributed by atoms with E-state index in [9.17, 15) is 0 Å². The molecule has 2 bridgehead atoms. The minimum atomic E-state index is -0.0630. The van der Waals surface area contributed by atoms with Gasteiger partial charge in [0.2, 0.25) is 0 Å². The molecule has 5 rings (SSSR count). The molecule has 132 valence electrons. The van der Waals surface area contributed by atoms with Crippen molar-refractivity contribution >= 4 is 31.9 Å². The zero-order valence-electron chi connectivity index (χ0n) is 15.2. The molecule has 0 spiro atoms. The highest BCUT2D eigenvalue weighted by Gasteiger charge is 2.54. The molecule has 3 heteroatoms. The maximum Gasteiger partial charge on any atom is 0.0765 e. The van der Waals surface area contributed by atoms with Gasteiger partial charge >= 0.3 is 0 Å². The fraction of sp³-hybridized carbons (Fsp3) is 0.455. The predicted octanol–water partition coefficient (Wildman–Crippen LogP) is 6.47. The van der Waals surface area contributed by atoms with E-state index in [1.165, 1.54) is 27.8 Å². The van der Waals surface area contributed by atoms with E-state index in [0.29, 0.717) is 6.04 Å². The maximum atomic E-state index is 4.23. The largest absolute Gasteiger partial charge is 0.297 e. The fourth-order valence-electron chi connectivity index (χ4n) is 4.99. The summed E-state index contributed by atoms with van der Waals surface area (Å²) in [5, 5.41) is 0. The summed E-state index contributed by atoms with van der Waals surface area (Å²) >= 11 is 8.40. The van der Waals surface area contributed by atoms with Crippen molar-refractivity contribution in [2.75, 3.05) is 13.1 Å². The van der Waals surface area contributed by atoms with Gasteiger partial charge in [-0.1, -0.05) is 88.2 Å². The first-order valence-corrected chi connectivity index (χ1v) is 10.9. The summed E-state index contributed by atoms with van der Waals surface area (Å²) < 4.78 is -0.111. The Balaban J connectivity index is 1.98. The van der Waals surface area contributed by atoms with Gasteiger partial charge < -0.3 is 0 Å². The van der Waals surface area contributed by atoms with E-state index in [-0.39, 0.29) is 8.65 Å². The van der Waals surface area contributed by atoms with Crippen molar-refractivity contribution in [3.8, 4) is 0 Å². The summed E-state index contributed by atoms with van der Waals surface area (Å²) in [5.74, 6) is 0. The van der Waals surface area contributed by atoms with Crippen LogP contribution in [0.15, 0.2) is 42.5 Å². The predicted molar refractivity (Wildman–Crippen MR) is 113 cm³/mol. The summed E-state index contributed by atoms with van der Waals surface area (Å²) in [6.07, 6.45) is 2.26. The van der Waals surface area contributed by atoms with E-state index in [1.54, 1.807) is 0 Å². The second-order valence-electron chi connectivity index (χ2n) is 7.31. The van der Waals surface area contributed by atoms with Crippen LogP contribution in [0, 0.1) is 0 Å². The first kappa shape index (κ1) is 17.8. The van der Waals surface area contributed by atoms with Crippen molar-refractivity contribution in [2.45, 2.75) is 48.3 Å². The third-order valence-corrected chi connectivity index (χ3v) is 8.80. The van der Waals surface area contributed by atoms with Crippen LogP contribution in [0.5, 0.6) is 0 Å². The van der Waals surface area contributed by atoms with Crippen LogP contribution in [0.25, 0.3) is 0 Å². The molecule has 0 radical (unpaired) electrons. The van der Waals surface area contributed by atoms with E-state index in [2.05, 4.69) is 100.0 Å². The Morgan fingerprint density at radius 1 is 0.880 bits per heavy atom. The van der Waals surface area contributed by atoms with Crippen LogP contribution in [0.2, 0.25) is 0 Å². The summed E-state index contributed by atoms with van der Waals surface area (Å²) in [6, 6.07) is 16.3. The minimum Gasteiger partial charge on any atom is -0.297 e. The van der Waals surface area contributed by atoms with E-state index in [4.69, 9.17) is 0 Å². The summed E-state index contributed by atoms with van der Waals surface area (Å²) in [6.45, 7) is 9.02. The van der Waals surface area contributed by atoms with Gasteiger partial charge in [0.15, 0.2) is 0 Å². The Morgan fingerprint density at radius 3 is 2.08 bits per heavy atom. The van der Waals surface area contributed by atoms with Gasteiger partial charge in [-0.05, 0) is 60.7 Å². The fourth-order valence-corrected chi connectivity index (χ4v) is 6.85. The van der Waals surface area contributed by atoms with E-state index in [0.717, 1.165) is 25.9 Å². The highest BCUT2D eigenvalue weighted by atomic mass is 79.9. The lowest BCUT2D eigenvalue weighted by molar-refractivity contribution is 0.232. The molecule has 3 unspecified atom stereocenters. The zero-order chi connectivity index (χ0) is 17.8. The quantitative estimate of drug-likeness (QED) is 0.470. The summed E-state index contributed by atoms with van der Waals surface area (Å²) in [7, 11) is 0. The standard InChI is InChI=1S/C22H25Br2N/c1-4-25(5-2)15(3)16-9-8-12-19-20(16)22(24)14-13-21(19,23)17-10-6-7-11-18(17)22/h6-12,15H,4-5,13-14H2,1-3H3. The Labute approximate surface area is 168 Å². The molecule has 0 N–H and O–H groups in total. The van der Waals surface area contributed by atoms with Gasteiger partial charge in [-0.15, -0.1) is 0 Å². The SMILES string of the molecule is CCN(CC)C(C)c1cccc2c1C1(Br)CCC2(Br)c2ccccc21. The van der Waals surface area contributed by atoms with E-state index in [1.807, 2.05) is 0 Å². The van der Waals surface area contributed by atoms with E-state index >= 15 is 0 Å². The van der Waals surface area contributed by atoms with Crippen LogP contribution in [0.4, 0.5) is 0 Å². The molecule has 0 fully saturated rings. The van der Waals surface area contributed by atoms with Crippen LogP contribution in [0.1, 0.15) is 67.5 Å². The highest BCUT2D eigenvalue weighted by molar-refractivity contribution is 9.10. The zero-order valence-corrected chi connectivity index (χ0v) is 18.3. The smallest absolute Gasteiger partial charge is 0.0765 e. The van der Waals surface area contributed by atoms with Crippen LogP contribution < -0.4 is 0 Å². The van der Waals surface area contributed by atoms with Gasteiger partial charge in [0, 0.05) is 6.04 Å². The van der Waals surface area contributed by atoms with E-state index < -0.39 is 0 Å². The van der Waals surface area contributed by atoms with Crippen molar-refractivity contribution in [1.29, 1.82) is 0 Å². The van der Waals surface area contributed by atoms with Gasteiger partial charge in [-0.3, -0.25) is 4.90 Å². The Kier molecular flexibility index (Phi) is 4.41. The lowest BCUT2D eigenvalue weighted by Gasteiger charge is -2.52. The van der Waals surface area contributed by atoms with Crippen molar-refractivity contribution in [3.63, 3.8) is 0 Å². The molecule has 3 aliphatic rings. The number of hydrogen-bond acceptors (Lipinski definition) is 1. The summed E-state index contributed by atoms with van der Waals surface area (Å²) in [4.78, 5) is 2.54. The molecule has 2 aromatic rings. The third-order valence-electron chi connectivity index (χ3n) is 6.32. The van der Waals surface area contributed by atoms with Crippen LogP contribution in [0.3, 0.4) is 0 Å². The first-order valence-electron chi connectivity index (χ1n) is 9.33. The average Bonchev–Trinajstić information content (AvgIpc) is 2.65. The van der Waals surface area contributed by atoms with Crippen LogP contribution >= 0.6 is 31.9 Å². The molecule has 0 aliphatic heterocycles. The van der Waals surface area contributed by atoms with Crippen molar-refractivity contribution < 1.29 is 0 Å². The molecule has 0 saturated heterocycles. The second-order valence-corrected chi connectivity index (χ2v) is 10.0. The Hall–Kier alpha value is -0.640. The molecule has 3 atom stereocenters. The number of hydrogen-bond donors (Lipinski definition) is 0. The minimum absolute atomic E-state index is 0.0482. The van der Waals surface area contributed by atoms with Gasteiger partial charge in [0.05, 0.1) is 8.65 Å². The van der Waals surface area contributed by atoms with Crippen LogP contribution in [-0.2, 0) is 8.65 Å². The third kappa shape index (κ3) is 2.35. The molecule has 25 heavy (non-hydrogen) atoms. The molecule has 1 nitrogen and oxygen atoms in total. The number of benzene rings is 2.